The Morgan fingerprint density at radius 1 is 1.27 bits per heavy atom. The Kier molecular flexibility index (Phi) is 3.47. The van der Waals surface area contributed by atoms with Crippen LogP contribution in [0.25, 0.3) is 0 Å². The van der Waals surface area contributed by atoms with Crippen LogP contribution in [0.15, 0.2) is 11.6 Å². The molecule has 2 heteroatoms. The van der Waals surface area contributed by atoms with E-state index in [1.807, 2.05) is 0 Å². The van der Waals surface area contributed by atoms with Crippen LogP contribution in [0.2, 0.25) is 0 Å². The average Bonchev–Trinajstić information content (AvgIpc) is 2.12. The van der Waals surface area contributed by atoms with Gasteiger partial charge in [-0.3, -0.25) is 0 Å². The fraction of sp³-hybridized carbons (Fsp3) is 0.846. The van der Waals surface area contributed by atoms with Gasteiger partial charge >= 0.3 is 0 Å². The molecule has 0 radical (unpaired) electrons. The van der Waals surface area contributed by atoms with Crippen molar-refractivity contribution < 1.29 is 9.84 Å². The van der Waals surface area contributed by atoms with E-state index in [2.05, 4.69) is 6.08 Å². The van der Waals surface area contributed by atoms with E-state index < -0.39 is 5.60 Å². The summed E-state index contributed by atoms with van der Waals surface area (Å²) in [5.74, 6) is 0. The van der Waals surface area contributed by atoms with Gasteiger partial charge in [-0.15, -0.1) is 0 Å². The predicted molar refractivity (Wildman–Crippen MR) is 60.8 cm³/mol. The molecule has 2 aliphatic carbocycles. The van der Waals surface area contributed by atoms with Crippen molar-refractivity contribution in [2.24, 2.45) is 0 Å². The quantitative estimate of drug-likeness (QED) is 0.710. The van der Waals surface area contributed by atoms with Gasteiger partial charge < -0.3 is 9.84 Å². The number of methoxy groups -OCH3 is 1. The molecule has 0 aromatic carbocycles. The maximum absolute atomic E-state index is 10.4. The zero-order chi connectivity index (χ0) is 10.7. The first kappa shape index (κ1) is 11.2. The lowest BCUT2D eigenvalue weighted by atomic mass is 9.70. The van der Waals surface area contributed by atoms with Gasteiger partial charge in [-0.05, 0) is 31.3 Å². The molecule has 0 saturated heterocycles. The number of ether oxygens (including phenoxy) is 1. The lowest BCUT2D eigenvalue weighted by molar-refractivity contribution is -0.106. The monoisotopic (exact) mass is 210 g/mol. The molecule has 2 rings (SSSR count). The van der Waals surface area contributed by atoms with E-state index in [9.17, 15) is 5.11 Å². The standard InChI is InChI=1S/C13H22O2/c1-15-12-9-13(14,10-12)11-7-5-3-2-4-6-8-11/h7,12,14H,2-6,8-10H2,1H3. The Hall–Kier alpha value is -0.340. The van der Waals surface area contributed by atoms with Gasteiger partial charge in [0.15, 0.2) is 0 Å². The van der Waals surface area contributed by atoms with Gasteiger partial charge in [-0.1, -0.05) is 18.9 Å². The number of allylic oxidation sites excluding steroid dienone is 1. The van der Waals surface area contributed by atoms with Crippen molar-refractivity contribution in [1.29, 1.82) is 0 Å². The van der Waals surface area contributed by atoms with E-state index in [1.165, 1.54) is 31.3 Å². The summed E-state index contributed by atoms with van der Waals surface area (Å²) in [7, 11) is 1.73. The smallest absolute Gasteiger partial charge is 0.0906 e. The molecular formula is C13H22O2. The van der Waals surface area contributed by atoms with Crippen LogP contribution in [0.5, 0.6) is 0 Å². The van der Waals surface area contributed by atoms with Gasteiger partial charge in [0.1, 0.15) is 0 Å². The van der Waals surface area contributed by atoms with Crippen LogP contribution in [-0.2, 0) is 4.74 Å². The molecule has 1 fully saturated rings. The summed E-state index contributed by atoms with van der Waals surface area (Å²) in [5, 5.41) is 10.4. The van der Waals surface area contributed by atoms with E-state index in [-0.39, 0.29) is 6.10 Å². The van der Waals surface area contributed by atoms with Crippen LogP contribution in [0.1, 0.15) is 51.4 Å². The van der Waals surface area contributed by atoms with Crippen LogP contribution in [-0.4, -0.2) is 23.9 Å². The van der Waals surface area contributed by atoms with Gasteiger partial charge in [0, 0.05) is 20.0 Å². The van der Waals surface area contributed by atoms with E-state index in [1.54, 1.807) is 7.11 Å². The molecule has 0 aliphatic heterocycles. The van der Waals surface area contributed by atoms with Crippen LogP contribution >= 0.6 is 0 Å². The molecule has 0 amide bonds. The molecular weight excluding hydrogens is 188 g/mol. The third-order valence-corrected chi connectivity index (χ3v) is 3.85. The highest BCUT2D eigenvalue weighted by molar-refractivity contribution is 5.22. The molecule has 0 aromatic heterocycles. The Labute approximate surface area is 92.3 Å². The molecule has 0 spiro atoms. The molecule has 0 heterocycles. The lowest BCUT2D eigenvalue weighted by Crippen LogP contribution is -2.49. The highest BCUT2D eigenvalue weighted by Crippen LogP contribution is 2.42. The first-order valence-electron chi connectivity index (χ1n) is 6.19. The minimum atomic E-state index is -0.516. The summed E-state index contributed by atoms with van der Waals surface area (Å²) in [5.41, 5.74) is 0.772. The summed E-state index contributed by atoms with van der Waals surface area (Å²) < 4.78 is 5.24. The fourth-order valence-corrected chi connectivity index (χ4v) is 2.74. The Bertz CT molecular complexity index is 239. The molecule has 0 unspecified atom stereocenters. The molecule has 0 aromatic rings. The summed E-state index contributed by atoms with van der Waals surface area (Å²) in [6.45, 7) is 0. The second kappa shape index (κ2) is 4.67. The Morgan fingerprint density at radius 2 is 2.00 bits per heavy atom. The molecule has 0 bridgehead atoms. The van der Waals surface area contributed by atoms with Crippen molar-refractivity contribution in [3.05, 3.63) is 11.6 Å². The van der Waals surface area contributed by atoms with E-state index in [4.69, 9.17) is 4.74 Å². The van der Waals surface area contributed by atoms with Crippen LogP contribution in [0.4, 0.5) is 0 Å². The number of hydrogen-bond donors (Lipinski definition) is 1. The van der Waals surface area contributed by atoms with Crippen molar-refractivity contribution in [1.82, 2.24) is 0 Å². The van der Waals surface area contributed by atoms with E-state index in [0.717, 1.165) is 25.7 Å². The van der Waals surface area contributed by atoms with Crippen LogP contribution in [0.3, 0.4) is 0 Å². The minimum absolute atomic E-state index is 0.279. The zero-order valence-electron chi connectivity index (χ0n) is 9.67. The first-order valence-corrected chi connectivity index (χ1v) is 6.19. The second-order valence-corrected chi connectivity index (χ2v) is 4.98. The maximum atomic E-state index is 10.4. The van der Waals surface area contributed by atoms with Crippen molar-refractivity contribution in [3.63, 3.8) is 0 Å². The summed E-state index contributed by atoms with van der Waals surface area (Å²) in [6, 6.07) is 0. The largest absolute Gasteiger partial charge is 0.385 e. The minimum Gasteiger partial charge on any atom is -0.385 e. The first-order chi connectivity index (χ1) is 7.24. The number of rotatable bonds is 2. The maximum Gasteiger partial charge on any atom is 0.0906 e. The average molecular weight is 210 g/mol. The van der Waals surface area contributed by atoms with Gasteiger partial charge in [0.05, 0.1) is 11.7 Å². The highest BCUT2D eigenvalue weighted by Gasteiger charge is 2.45. The molecule has 2 aliphatic rings. The fourth-order valence-electron chi connectivity index (χ4n) is 2.74. The van der Waals surface area contributed by atoms with Gasteiger partial charge in [0.25, 0.3) is 0 Å². The third kappa shape index (κ3) is 2.43. The van der Waals surface area contributed by atoms with Crippen LogP contribution in [0, 0.1) is 0 Å². The van der Waals surface area contributed by atoms with E-state index in [0.29, 0.717) is 0 Å². The Morgan fingerprint density at radius 3 is 2.73 bits per heavy atom. The third-order valence-electron chi connectivity index (χ3n) is 3.85. The van der Waals surface area contributed by atoms with Gasteiger partial charge in [0.2, 0.25) is 0 Å². The normalized spacial score (nSPS) is 37.5. The molecule has 86 valence electrons. The molecule has 1 saturated carbocycles. The zero-order valence-corrected chi connectivity index (χ0v) is 9.67. The molecule has 2 nitrogen and oxygen atoms in total. The van der Waals surface area contributed by atoms with Crippen molar-refractivity contribution in [3.8, 4) is 0 Å². The summed E-state index contributed by atoms with van der Waals surface area (Å²) in [6.07, 6.45) is 11.6. The number of hydrogen-bond acceptors (Lipinski definition) is 2. The highest BCUT2D eigenvalue weighted by atomic mass is 16.5. The van der Waals surface area contributed by atoms with Crippen molar-refractivity contribution in [2.75, 3.05) is 7.11 Å². The molecule has 15 heavy (non-hydrogen) atoms. The Balaban J connectivity index is 1.96. The summed E-state index contributed by atoms with van der Waals surface area (Å²) >= 11 is 0. The number of aliphatic hydroxyl groups is 1. The van der Waals surface area contributed by atoms with Gasteiger partial charge in [-0.2, -0.15) is 0 Å². The molecule has 0 atom stereocenters. The molecule has 1 N–H and O–H groups in total. The van der Waals surface area contributed by atoms with E-state index >= 15 is 0 Å². The van der Waals surface area contributed by atoms with Gasteiger partial charge in [-0.25, -0.2) is 0 Å². The predicted octanol–water partition coefficient (Wildman–Crippen LogP) is 2.81. The van der Waals surface area contributed by atoms with Crippen molar-refractivity contribution in [2.45, 2.75) is 63.1 Å². The lowest BCUT2D eigenvalue weighted by Gasteiger charge is -2.45. The van der Waals surface area contributed by atoms with Crippen molar-refractivity contribution >= 4 is 0 Å². The second-order valence-electron chi connectivity index (χ2n) is 4.98. The summed E-state index contributed by atoms with van der Waals surface area (Å²) in [4.78, 5) is 0. The topological polar surface area (TPSA) is 29.5 Å². The SMILES string of the molecule is COC1CC(O)(C2=CCCCCCC2)C1. The van der Waals surface area contributed by atoms with Crippen LogP contribution < -0.4 is 0 Å².